The molecular weight excluding hydrogens is 450 g/mol. The minimum atomic E-state index is -0.850. The molecule has 0 heterocycles. The van der Waals surface area contributed by atoms with E-state index in [2.05, 4.69) is 43.5 Å². The normalized spacial score (nSPS) is 12.4. The highest BCUT2D eigenvalue weighted by molar-refractivity contribution is 5.75. The van der Waals surface area contributed by atoms with Crippen molar-refractivity contribution >= 4 is 11.9 Å². The van der Waals surface area contributed by atoms with Gasteiger partial charge in [-0.05, 0) is 44.9 Å². The van der Waals surface area contributed by atoms with Gasteiger partial charge in [0.05, 0.1) is 0 Å². The summed E-state index contributed by atoms with van der Waals surface area (Å²) < 4.78 is 5.12. The van der Waals surface area contributed by atoms with Crippen molar-refractivity contribution < 1.29 is 19.4 Å². The Hall–Kier alpha value is -1.62. The average molecular weight is 508 g/mol. The van der Waals surface area contributed by atoms with Crippen molar-refractivity contribution in [2.45, 2.75) is 148 Å². The topological polar surface area (TPSA) is 75.6 Å². The number of ether oxygens (including phenoxy) is 1. The monoisotopic (exact) mass is 507 g/mol. The fourth-order valence-corrected chi connectivity index (χ4v) is 3.96. The van der Waals surface area contributed by atoms with Gasteiger partial charge in [-0.2, -0.15) is 0 Å². The van der Waals surface area contributed by atoms with E-state index < -0.39 is 6.10 Å². The summed E-state index contributed by atoms with van der Waals surface area (Å²) in [5.74, 6) is -0.312. The molecule has 5 heteroatoms. The number of carbonyl (C=O) groups is 2. The number of allylic oxidation sites excluding steroid dienone is 4. The maximum Gasteiger partial charge on any atom is 0.305 e. The number of rotatable bonds is 26. The van der Waals surface area contributed by atoms with Crippen LogP contribution in [-0.2, 0) is 14.3 Å². The number of esters is 1. The molecule has 1 amide bonds. The Morgan fingerprint density at radius 2 is 1.19 bits per heavy atom. The Balaban J connectivity index is 3.48. The Morgan fingerprint density at radius 1 is 0.694 bits per heavy atom. The van der Waals surface area contributed by atoms with E-state index in [0.29, 0.717) is 12.8 Å². The summed E-state index contributed by atoms with van der Waals surface area (Å²) in [5, 5.41) is 12.7. The maximum atomic E-state index is 11.9. The van der Waals surface area contributed by atoms with E-state index in [0.717, 1.165) is 51.4 Å². The first-order chi connectivity index (χ1) is 17.6. The van der Waals surface area contributed by atoms with Gasteiger partial charge >= 0.3 is 5.97 Å². The smallest absolute Gasteiger partial charge is 0.305 e. The molecule has 0 bridgehead atoms. The van der Waals surface area contributed by atoms with E-state index in [1.807, 2.05) is 0 Å². The minimum absolute atomic E-state index is 0.0471. The zero-order valence-corrected chi connectivity index (χ0v) is 23.6. The Kier molecular flexibility index (Phi) is 26.7. The molecule has 0 aromatic carbocycles. The van der Waals surface area contributed by atoms with Crippen molar-refractivity contribution in [3.8, 4) is 0 Å². The predicted molar refractivity (Wildman–Crippen MR) is 152 cm³/mol. The minimum Gasteiger partial charge on any atom is -0.463 e. The van der Waals surface area contributed by atoms with Gasteiger partial charge in [0, 0.05) is 19.4 Å². The molecule has 1 atom stereocenters. The highest BCUT2D eigenvalue weighted by Crippen LogP contribution is 2.10. The third-order valence-electron chi connectivity index (χ3n) is 6.31. The van der Waals surface area contributed by atoms with E-state index in [1.54, 1.807) is 0 Å². The van der Waals surface area contributed by atoms with E-state index in [1.165, 1.54) is 64.2 Å². The van der Waals surface area contributed by atoms with Crippen LogP contribution in [0.25, 0.3) is 0 Å². The largest absolute Gasteiger partial charge is 0.463 e. The van der Waals surface area contributed by atoms with Gasteiger partial charge in [0.25, 0.3) is 0 Å². The third kappa shape index (κ3) is 27.0. The van der Waals surface area contributed by atoms with Crippen LogP contribution in [0.15, 0.2) is 24.3 Å². The first-order valence-electron chi connectivity index (χ1n) is 15.0. The fraction of sp³-hybridized carbons (Fsp3) is 0.806. The zero-order chi connectivity index (χ0) is 26.5. The summed E-state index contributed by atoms with van der Waals surface area (Å²) in [6.45, 7) is 4.51. The summed E-state index contributed by atoms with van der Waals surface area (Å²) in [7, 11) is 0. The Bertz CT molecular complexity index is 559. The number of aliphatic hydroxyl groups is 1. The summed E-state index contributed by atoms with van der Waals surface area (Å²) in [5.41, 5.74) is 0. The summed E-state index contributed by atoms with van der Waals surface area (Å²) in [6, 6.07) is 0. The first kappa shape index (κ1) is 34.4. The molecular formula is C31H57NO4. The van der Waals surface area contributed by atoms with E-state index >= 15 is 0 Å². The van der Waals surface area contributed by atoms with Crippen LogP contribution < -0.4 is 5.32 Å². The van der Waals surface area contributed by atoms with Gasteiger partial charge in [0.15, 0.2) is 0 Å². The van der Waals surface area contributed by atoms with Crippen LogP contribution >= 0.6 is 0 Å². The average Bonchev–Trinajstić information content (AvgIpc) is 2.88. The van der Waals surface area contributed by atoms with Crippen LogP contribution in [0.1, 0.15) is 142 Å². The number of nitrogens with one attached hydrogen (secondary N) is 1. The van der Waals surface area contributed by atoms with Gasteiger partial charge in [0.2, 0.25) is 5.91 Å². The van der Waals surface area contributed by atoms with Gasteiger partial charge in [-0.25, -0.2) is 0 Å². The number of hydrogen-bond acceptors (Lipinski definition) is 4. The molecule has 2 N–H and O–H groups in total. The van der Waals surface area contributed by atoms with Crippen LogP contribution in [0.2, 0.25) is 0 Å². The zero-order valence-electron chi connectivity index (χ0n) is 23.6. The van der Waals surface area contributed by atoms with Crippen LogP contribution in [0, 0.1) is 0 Å². The Morgan fingerprint density at radius 3 is 1.83 bits per heavy atom. The van der Waals surface area contributed by atoms with Crippen molar-refractivity contribution in [3.05, 3.63) is 24.3 Å². The molecule has 0 spiro atoms. The van der Waals surface area contributed by atoms with Crippen molar-refractivity contribution in [1.29, 1.82) is 0 Å². The van der Waals surface area contributed by atoms with Crippen molar-refractivity contribution in [1.82, 2.24) is 5.32 Å². The molecule has 0 aromatic heterocycles. The van der Waals surface area contributed by atoms with Gasteiger partial charge < -0.3 is 15.2 Å². The summed E-state index contributed by atoms with van der Waals surface area (Å²) >= 11 is 0. The molecule has 0 radical (unpaired) electrons. The van der Waals surface area contributed by atoms with E-state index in [-0.39, 0.29) is 25.0 Å². The third-order valence-corrected chi connectivity index (χ3v) is 6.31. The van der Waals surface area contributed by atoms with Crippen LogP contribution in [0.4, 0.5) is 0 Å². The van der Waals surface area contributed by atoms with Crippen molar-refractivity contribution in [2.24, 2.45) is 0 Å². The molecule has 0 aliphatic rings. The van der Waals surface area contributed by atoms with Gasteiger partial charge in [-0.15, -0.1) is 0 Å². The molecule has 0 saturated carbocycles. The van der Waals surface area contributed by atoms with Gasteiger partial charge in [0.1, 0.15) is 12.7 Å². The van der Waals surface area contributed by atoms with Crippen LogP contribution in [0.3, 0.4) is 0 Å². The molecule has 1 unspecified atom stereocenters. The molecule has 5 nitrogen and oxygen atoms in total. The second-order valence-corrected chi connectivity index (χ2v) is 9.99. The lowest BCUT2D eigenvalue weighted by Crippen LogP contribution is -2.35. The number of aliphatic hydroxyl groups excluding tert-OH is 1. The lowest BCUT2D eigenvalue weighted by Gasteiger charge is -2.12. The number of amides is 1. The van der Waals surface area contributed by atoms with Crippen molar-refractivity contribution in [2.75, 3.05) is 13.2 Å². The molecule has 0 aliphatic heterocycles. The number of carbonyl (C=O) groups excluding carboxylic acids is 2. The van der Waals surface area contributed by atoms with Crippen LogP contribution in [-0.4, -0.2) is 36.2 Å². The second kappa shape index (κ2) is 28.0. The second-order valence-electron chi connectivity index (χ2n) is 9.99. The standard InChI is InChI=1S/C31H57NO4/c1-3-5-7-9-11-12-13-14-15-16-17-18-20-21-23-25-30(34)32-27-29(33)28-36-31(35)26-24-22-19-10-8-6-4-2/h11-12,14-15,29,33H,3-10,13,16-28H2,1-2H3,(H,32,34)/b12-11-,15-14-. The number of hydrogen-bond donors (Lipinski definition) is 2. The molecule has 0 rings (SSSR count). The molecule has 0 aromatic rings. The lowest BCUT2D eigenvalue weighted by molar-refractivity contribution is -0.146. The maximum absolute atomic E-state index is 11.9. The quantitative estimate of drug-likeness (QED) is 0.0707. The summed E-state index contributed by atoms with van der Waals surface area (Å²) in [6.07, 6.45) is 30.0. The van der Waals surface area contributed by atoms with Crippen molar-refractivity contribution in [3.63, 3.8) is 0 Å². The molecule has 0 aliphatic carbocycles. The van der Waals surface area contributed by atoms with Crippen LogP contribution in [0.5, 0.6) is 0 Å². The first-order valence-corrected chi connectivity index (χ1v) is 15.0. The van der Waals surface area contributed by atoms with Gasteiger partial charge in [-0.1, -0.05) is 109 Å². The molecule has 36 heavy (non-hydrogen) atoms. The SMILES string of the molecule is CCCCC/C=C\C/C=C\CCCCCCCC(=O)NCC(O)COC(=O)CCCCCCCCC. The molecule has 0 fully saturated rings. The van der Waals surface area contributed by atoms with E-state index in [4.69, 9.17) is 4.74 Å². The number of unbranched alkanes of at least 4 members (excludes halogenated alkanes) is 14. The summed E-state index contributed by atoms with van der Waals surface area (Å²) in [4.78, 5) is 23.7. The highest BCUT2D eigenvalue weighted by atomic mass is 16.5. The Labute approximate surface area is 222 Å². The molecule has 0 saturated heterocycles. The molecule has 210 valence electrons. The van der Waals surface area contributed by atoms with E-state index in [9.17, 15) is 14.7 Å². The highest BCUT2D eigenvalue weighted by Gasteiger charge is 2.10. The van der Waals surface area contributed by atoms with Gasteiger partial charge in [-0.3, -0.25) is 9.59 Å². The fourth-order valence-electron chi connectivity index (χ4n) is 3.96. The predicted octanol–water partition coefficient (Wildman–Crippen LogP) is 7.96. The lowest BCUT2D eigenvalue weighted by atomic mass is 10.1.